The molecule has 0 rings (SSSR count). The topological polar surface area (TPSA) is 136 Å². The van der Waals surface area contributed by atoms with Crippen LogP contribution in [-0.2, 0) is 9.59 Å². The average molecular weight is 313 g/mol. The summed E-state index contributed by atoms with van der Waals surface area (Å²) in [4.78, 5) is 24.3. The highest BCUT2D eigenvalue weighted by atomic mass is 16.2. The molecule has 0 saturated heterocycles. The van der Waals surface area contributed by atoms with Crippen LogP contribution in [0, 0.1) is 5.92 Å². The second kappa shape index (κ2) is 11.0. The van der Waals surface area contributed by atoms with E-state index in [1.54, 1.807) is 0 Å². The van der Waals surface area contributed by atoms with Crippen LogP contribution in [0.25, 0.3) is 0 Å². The Morgan fingerprint density at radius 1 is 1.18 bits per heavy atom. The van der Waals surface area contributed by atoms with Gasteiger partial charge in [0.1, 0.15) is 0 Å². The fraction of sp³-hybridized carbons (Fsp3) is 0.733. The molecule has 2 unspecified atom stereocenters. The first kappa shape index (κ1) is 20.4. The standard InChI is InChI=1S/C15H31N5O2/c1-10(2)14(21)13(7-5-9-19-11(3)17)20-15(22)12(18)6-4-8-16/h10,12-13,19H,3-9,16-18H2,1-2H3,(H,20,22). The molecule has 0 bridgehead atoms. The fourth-order valence-corrected chi connectivity index (χ4v) is 1.99. The zero-order chi connectivity index (χ0) is 17.1. The largest absolute Gasteiger partial charge is 0.386 e. The van der Waals surface area contributed by atoms with E-state index in [-0.39, 0.29) is 17.6 Å². The summed E-state index contributed by atoms with van der Waals surface area (Å²) in [5.74, 6) is -0.0582. The van der Waals surface area contributed by atoms with Crippen LogP contribution in [-0.4, -0.2) is 36.9 Å². The summed E-state index contributed by atoms with van der Waals surface area (Å²) in [7, 11) is 0. The van der Waals surface area contributed by atoms with Crippen LogP contribution >= 0.6 is 0 Å². The van der Waals surface area contributed by atoms with Crippen LogP contribution in [0.2, 0.25) is 0 Å². The third kappa shape index (κ3) is 8.63. The molecule has 0 aromatic carbocycles. The molecule has 0 aliphatic heterocycles. The van der Waals surface area contributed by atoms with E-state index in [0.717, 1.165) is 0 Å². The summed E-state index contributed by atoms with van der Waals surface area (Å²) in [5, 5.41) is 5.65. The first-order valence-corrected chi connectivity index (χ1v) is 7.77. The summed E-state index contributed by atoms with van der Waals surface area (Å²) < 4.78 is 0. The summed E-state index contributed by atoms with van der Waals surface area (Å²) >= 11 is 0. The average Bonchev–Trinajstić information content (AvgIpc) is 2.46. The molecule has 128 valence electrons. The predicted molar refractivity (Wildman–Crippen MR) is 88.6 cm³/mol. The molecule has 0 aliphatic rings. The number of amides is 1. The van der Waals surface area contributed by atoms with Crippen molar-refractivity contribution in [1.82, 2.24) is 10.6 Å². The lowest BCUT2D eigenvalue weighted by Gasteiger charge is -2.22. The van der Waals surface area contributed by atoms with Crippen molar-refractivity contribution in [3.8, 4) is 0 Å². The van der Waals surface area contributed by atoms with E-state index in [1.165, 1.54) is 0 Å². The Kier molecular flexibility index (Phi) is 10.2. The molecular weight excluding hydrogens is 282 g/mol. The van der Waals surface area contributed by atoms with Crippen LogP contribution < -0.4 is 27.8 Å². The van der Waals surface area contributed by atoms with Gasteiger partial charge >= 0.3 is 0 Å². The van der Waals surface area contributed by atoms with Crippen LogP contribution in [0.4, 0.5) is 0 Å². The summed E-state index contributed by atoms with van der Waals surface area (Å²) in [6, 6.07) is -1.16. The van der Waals surface area contributed by atoms with E-state index in [2.05, 4.69) is 17.2 Å². The monoisotopic (exact) mass is 313 g/mol. The number of ketones is 1. The van der Waals surface area contributed by atoms with Gasteiger partial charge in [0.25, 0.3) is 0 Å². The quantitative estimate of drug-likeness (QED) is 0.310. The number of carbonyl (C=O) groups is 2. The minimum Gasteiger partial charge on any atom is -0.386 e. The van der Waals surface area contributed by atoms with Crippen LogP contribution in [0.1, 0.15) is 39.5 Å². The Bertz CT molecular complexity index is 371. The Morgan fingerprint density at radius 3 is 2.32 bits per heavy atom. The second-order valence-electron chi connectivity index (χ2n) is 5.75. The second-order valence-corrected chi connectivity index (χ2v) is 5.75. The van der Waals surface area contributed by atoms with Gasteiger partial charge in [0.15, 0.2) is 5.78 Å². The van der Waals surface area contributed by atoms with Gasteiger partial charge in [-0.15, -0.1) is 0 Å². The molecule has 0 saturated carbocycles. The smallest absolute Gasteiger partial charge is 0.237 e. The van der Waals surface area contributed by atoms with Crippen molar-refractivity contribution in [3.05, 3.63) is 12.4 Å². The van der Waals surface area contributed by atoms with Crippen LogP contribution in [0.15, 0.2) is 12.4 Å². The molecule has 1 amide bonds. The van der Waals surface area contributed by atoms with Crippen LogP contribution in [0.3, 0.4) is 0 Å². The maximum Gasteiger partial charge on any atom is 0.237 e. The number of nitrogens with two attached hydrogens (primary N) is 3. The third-order valence-electron chi connectivity index (χ3n) is 3.31. The minimum absolute atomic E-state index is 0.00551. The molecule has 0 fully saturated rings. The number of Topliss-reactive ketones (excluding diaryl/α,β-unsaturated/α-hetero) is 1. The number of hydrogen-bond acceptors (Lipinski definition) is 6. The normalized spacial score (nSPS) is 13.5. The van der Waals surface area contributed by atoms with Gasteiger partial charge < -0.3 is 27.8 Å². The summed E-state index contributed by atoms with van der Waals surface area (Å²) in [5.41, 5.74) is 16.6. The lowest BCUT2D eigenvalue weighted by Crippen LogP contribution is -2.49. The Balaban J connectivity index is 4.49. The van der Waals surface area contributed by atoms with Gasteiger partial charge in [0.2, 0.25) is 5.91 Å². The first-order valence-electron chi connectivity index (χ1n) is 7.77. The SMILES string of the molecule is C=C(N)NCCCC(NC(=O)C(N)CCCN)C(=O)C(C)C. The van der Waals surface area contributed by atoms with E-state index in [4.69, 9.17) is 17.2 Å². The molecule has 0 aromatic heterocycles. The van der Waals surface area contributed by atoms with E-state index < -0.39 is 12.1 Å². The van der Waals surface area contributed by atoms with Gasteiger partial charge in [0.05, 0.1) is 17.9 Å². The maximum atomic E-state index is 12.2. The van der Waals surface area contributed by atoms with Crippen molar-refractivity contribution in [2.75, 3.05) is 13.1 Å². The van der Waals surface area contributed by atoms with Crippen LogP contribution in [0.5, 0.6) is 0 Å². The molecule has 0 spiro atoms. The lowest BCUT2D eigenvalue weighted by molar-refractivity contribution is -0.130. The summed E-state index contributed by atoms with van der Waals surface area (Å²) in [6.07, 6.45) is 2.42. The van der Waals surface area contributed by atoms with Crippen molar-refractivity contribution >= 4 is 11.7 Å². The van der Waals surface area contributed by atoms with E-state index in [0.29, 0.717) is 44.6 Å². The molecular formula is C15H31N5O2. The molecule has 0 aromatic rings. The molecule has 2 atom stereocenters. The zero-order valence-corrected chi connectivity index (χ0v) is 13.7. The molecule has 22 heavy (non-hydrogen) atoms. The highest BCUT2D eigenvalue weighted by molar-refractivity contribution is 5.91. The highest BCUT2D eigenvalue weighted by Crippen LogP contribution is 2.07. The Labute approximate surface area is 133 Å². The van der Waals surface area contributed by atoms with Gasteiger partial charge in [-0.1, -0.05) is 20.4 Å². The van der Waals surface area contributed by atoms with Gasteiger partial charge in [-0.2, -0.15) is 0 Å². The predicted octanol–water partition coefficient (Wildman–Crippen LogP) is -0.438. The molecule has 0 radical (unpaired) electrons. The molecule has 7 heteroatoms. The van der Waals surface area contributed by atoms with Crippen molar-refractivity contribution < 1.29 is 9.59 Å². The fourth-order valence-electron chi connectivity index (χ4n) is 1.99. The van der Waals surface area contributed by atoms with Crippen molar-refractivity contribution in [2.45, 2.75) is 51.6 Å². The number of nitrogens with one attached hydrogen (secondary N) is 2. The van der Waals surface area contributed by atoms with Crippen molar-refractivity contribution in [2.24, 2.45) is 23.1 Å². The molecule has 8 N–H and O–H groups in total. The van der Waals surface area contributed by atoms with E-state index >= 15 is 0 Å². The Hall–Kier alpha value is -1.60. The van der Waals surface area contributed by atoms with E-state index in [9.17, 15) is 9.59 Å². The Morgan fingerprint density at radius 2 is 1.82 bits per heavy atom. The first-order chi connectivity index (χ1) is 10.3. The van der Waals surface area contributed by atoms with Gasteiger partial charge in [-0.3, -0.25) is 9.59 Å². The number of hydrogen-bond donors (Lipinski definition) is 5. The third-order valence-corrected chi connectivity index (χ3v) is 3.31. The van der Waals surface area contributed by atoms with E-state index in [1.807, 2.05) is 13.8 Å². The van der Waals surface area contributed by atoms with Gasteiger partial charge in [-0.25, -0.2) is 0 Å². The molecule has 0 heterocycles. The molecule has 0 aliphatic carbocycles. The molecule has 7 nitrogen and oxygen atoms in total. The maximum absolute atomic E-state index is 12.2. The number of carbonyl (C=O) groups excluding carboxylic acids is 2. The van der Waals surface area contributed by atoms with Gasteiger partial charge in [-0.05, 0) is 32.2 Å². The van der Waals surface area contributed by atoms with Crippen molar-refractivity contribution in [3.63, 3.8) is 0 Å². The van der Waals surface area contributed by atoms with Crippen molar-refractivity contribution in [1.29, 1.82) is 0 Å². The van der Waals surface area contributed by atoms with Gasteiger partial charge in [0, 0.05) is 12.5 Å². The highest BCUT2D eigenvalue weighted by Gasteiger charge is 2.24. The zero-order valence-electron chi connectivity index (χ0n) is 13.7. The number of rotatable bonds is 12. The summed E-state index contributed by atoms with van der Waals surface area (Å²) in [6.45, 7) is 8.26. The minimum atomic E-state index is -0.632. The lowest BCUT2D eigenvalue weighted by atomic mass is 9.97.